The zero-order valence-corrected chi connectivity index (χ0v) is 10.5. The molecule has 1 aromatic rings. The van der Waals surface area contributed by atoms with Crippen LogP contribution in [0.5, 0.6) is 0 Å². The van der Waals surface area contributed by atoms with Crippen LogP contribution in [0.2, 0.25) is 0 Å². The molecule has 2 aliphatic heterocycles. The zero-order valence-electron chi connectivity index (χ0n) is 10.5. The third kappa shape index (κ3) is 2.14. The van der Waals surface area contributed by atoms with Crippen molar-refractivity contribution >= 4 is 5.69 Å². The third-order valence-electron chi connectivity index (χ3n) is 3.73. The zero-order chi connectivity index (χ0) is 12.4. The molecule has 2 fully saturated rings. The van der Waals surface area contributed by atoms with E-state index in [9.17, 15) is 4.79 Å². The molecule has 18 heavy (non-hydrogen) atoms. The van der Waals surface area contributed by atoms with Crippen LogP contribution in [0.15, 0.2) is 17.1 Å². The maximum Gasteiger partial charge on any atom is 0.292 e. The van der Waals surface area contributed by atoms with Crippen LogP contribution in [0.1, 0.15) is 38.3 Å². The highest BCUT2D eigenvalue weighted by molar-refractivity contribution is 5.43. The summed E-state index contributed by atoms with van der Waals surface area (Å²) in [6.07, 6.45) is 6.95. The van der Waals surface area contributed by atoms with E-state index in [2.05, 4.69) is 10.00 Å². The Hall–Kier alpha value is -1.36. The quantitative estimate of drug-likeness (QED) is 0.797. The van der Waals surface area contributed by atoms with E-state index in [4.69, 9.17) is 4.74 Å². The summed E-state index contributed by atoms with van der Waals surface area (Å²) in [5, 5.41) is 4.19. The molecule has 0 N–H and O–H groups in total. The highest BCUT2D eigenvalue weighted by Crippen LogP contribution is 2.21. The van der Waals surface area contributed by atoms with Gasteiger partial charge in [0.2, 0.25) is 0 Å². The summed E-state index contributed by atoms with van der Waals surface area (Å²) in [4.78, 5) is 14.6. The van der Waals surface area contributed by atoms with Crippen LogP contribution in [0.3, 0.4) is 0 Å². The van der Waals surface area contributed by atoms with Gasteiger partial charge in [0, 0.05) is 25.9 Å². The average molecular weight is 249 g/mol. The fourth-order valence-electron chi connectivity index (χ4n) is 2.74. The Labute approximate surface area is 106 Å². The van der Waals surface area contributed by atoms with Crippen LogP contribution in [-0.2, 0) is 4.74 Å². The second-order valence-corrected chi connectivity index (χ2v) is 4.98. The molecule has 0 aromatic carbocycles. The number of rotatable bonds is 2. The molecule has 0 amide bonds. The van der Waals surface area contributed by atoms with E-state index >= 15 is 0 Å². The fraction of sp³-hybridized carbons (Fsp3) is 0.692. The van der Waals surface area contributed by atoms with E-state index in [1.54, 1.807) is 6.20 Å². The molecule has 0 radical (unpaired) electrons. The number of aromatic nitrogens is 2. The highest BCUT2D eigenvalue weighted by Gasteiger charge is 2.22. The van der Waals surface area contributed by atoms with E-state index in [0.29, 0.717) is 0 Å². The normalized spacial score (nSPS) is 24.4. The van der Waals surface area contributed by atoms with Gasteiger partial charge >= 0.3 is 0 Å². The standard InChI is InChI=1S/C13H19N3O2/c17-13-11(15-8-2-3-9-15)6-7-14-16(13)12-5-1-4-10-18-12/h6-7,12H,1-5,8-10H2. The molecule has 3 rings (SSSR count). The summed E-state index contributed by atoms with van der Waals surface area (Å²) < 4.78 is 7.17. The summed E-state index contributed by atoms with van der Waals surface area (Å²) >= 11 is 0. The van der Waals surface area contributed by atoms with E-state index < -0.39 is 0 Å². The van der Waals surface area contributed by atoms with Gasteiger partial charge in [-0.2, -0.15) is 9.78 Å². The van der Waals surface area contributed by atoms with Gasteiger partial charge < -0.3 is 9.64 Å². The van der Waals surface area contributed by atoms with Crippen molar-refractivity contribution in [2.75, 3.05) is 24.6 Å². The topological polar surface area (TPSA) is 47.4 Å². The van der Waals surface area contributed by atoms with Crippen LogP contribution in [0.4, 0.5) is 5.69 Å². The van der Waals surface area contributed by atoms with Gasteiger partial charge in [-0.15, -0.1) is 0 Å². The second kappa shape index (κ2) is 5.10. The number of hydrogen-bond donors (Lipinski definition) is 0. The smallest absolute Gasteiger partial charge is 0.292 e. The SMILES string of the molecule is O=c1c(N2CCCC2)ccnn1C1CCCCO1. The molecular formula is C13H19N3O2. The van der Waals surface area contributed by atoms with Gasteiger partial charge in [-0.05, 0) is 38.2 Å². The van der Waals surface area contributed by atoms with Crippen molar-refractivity contribution in [1.29, 1.82) is 0 Å². The lowest BCUT2D eigenvalue weighted by Crippen LogP contribution is -2.35. The minimum absolute atomic E-state index is 0.00806. The molecule has 0 saturated carbocycles. The summed E-state index contributed by atoms with van der Waals surface area (Å²) in [6, 6.07) is 1.83. The van der Waals surface area contributed by atoms with E-state index in [1.165, 1.54) is 17.5 Å². The monoisotopic (exact) mass is 249 g/mol. The van der Waals surface area contributed by atoms with Gasteiger partial charge in [-0.3, -0.25) is 4.79 Å². The fourth-order valence-corrected chi connectivity index (χ4v) is 2.74. The first-order chi connectivity index (χ1) is 8.86. The lowest BCUT2D eigenvalue weighted by atomic mass is 10.2. The minimum Gasteiger partial charge on any atom is -0.367 e. The van der Waals surface area contributed by atoms with Crippen LogP contribution >= 0.6 is 0 Å². The van der Waals surface area contributed by atoms with Crippen molar-refractivity contribution in [2.45, 2.75) is 38.3 Å². The highest BCUT2D eigenvalue weighted by atomic mass is 16.5. The van der Waals surface area contributed by atoms with Crippen molar-refractivity contribution in [2.24, 2.45) is 0 Å². The van der Waals surface area contributed by atoms with Gasteiger partial charge in [0.25, 0.3) is 5.56 Å². The Morgan fingerprint density at radius 2 is 2.06 bits per heavy atom. The Balaban J connectivity index is 1.90. The molecular weight excluding hydrogens is 230 g/mol. The predicted octanol–water partition coefficient (Wildman–Crippen LogP) is 1.54. The van der Waals surface area contributed by atoms with Crippen molar-refractivity contribution in [3.63, 3.8) is 0 Å². The first-order valence-electron chi connectivity index (χ1n) is 6.80. The lowest BCUT2D eigenvalue weighted by Gasteiger charge is -2.25. The van der Waals surface area contributed by atoms with Crippen LogP contribution < -0.4 is 10.5 Å². The Morgan fingerprint density at radius 1 is 1.22 bits per heavy atom. The molecule has 5 heteroatoms. The summed E-state index contributed by atoms with van der Waals surface area (Å²) in [7, 11) is 0. The van der Waals surface area contributed by atoms with E-state index in [0.717, 1.165) is 44.6 Å². The van der Waals surface area contributed by atoms with Crippen LogP contribution in [0.25, 0.3) is 0 Å². The number of ether oxygens (including phenoxy) is 1. The van der Waals surface area contributed by atoms with E-state index in [-0.39, 0.29) is 11.8 Å². The van der Waals surface area contributed by atoms with Crippen molar-refractivity contribution in [3.8, 4) is 0 Å². The molecule has 1 atom stereocenters. The van der Waals surface area contributed by atoms with Crippen molar-refractivity contribution in [1.82, 2.24) is 9.78 Å². The lowest BCUT2D eigenvalue weighted by molar-refractivity contribution is -0.0423. The van der Waals surface area contributed by atoms with Crippen molar-refractivity contribution < 1.29 is 4.74 Å². The number of hydrogen-bond acceptors (Lipinski definition) is 4. The molecule has 2 aliphatic rings. The molecule has 98 valence electrons. The van der Waals surface area contributed by atoms with Crippen molar-refractivity contribution in [3.05, 3.63) is 22.6 Å². The first kappa shape index (κ1) is 11.7. The Morgan fingerprint density at radius 3 is 2.78 bits per heavy atom. The summed E-state index contributed by atoms with van der Waals surface area (Å²) in [6.45, 7) is 2.68. The average Bonchev–Trinajstić information content (AvgIpc) is 2.94. The first-order valence-corrected chi connectivity index (χ1v) is 6.80. The maximum absolute atomic E-state index is 12.4. The maximum atomic E-state index is 12.4. The summed E-state index contributed by atoms with van der Waals surface area (Å²) in [5.74, 6) is 0. The number of nitrogens with zero attached hydrogens (tertiary/aromatic N) is 3. The molecule has 2 saturated heterocycles. The Bertz CT molecular complexity index is 460. The van der Waals surface area contributed by atoms with Crippen LogP contribution in [0, 0.1) is 0 Å². The van der Waals surface area contributed by atoms with Crippen LogP contribution in [-0.4, -0.2) is 29.5 Å². The van der Waals surface area contributed by atoms with Gasteiger partial charge in [0.05, 0.1) is 0 Å². The van der Waals surface area contributed by atoms with Gasteiger partial charge in [0.15, 0.2) is 6.23 Å². The molecule has 1 unspecified atom stereocenters. The minimum atomic E-state index is -0.172. The molecule has 0 aliphatic carbocycles. The van der Waals surface area contributed by atoms with Gasteiger partial charge in [0.1, 0.15) is 5.69 Å². The molecule has 0 bridgehead atoms. The Kier molecular flexibility index (Phi) is 3.32. The molecule has 3 heterocycles. The second-order valence-electron chi connectivity index (χ2n) is 4.98. The van der Waals surface area contributed by atoms with Gasteiger partial charge in [-0.1, -0.05) is 0 Å². The van der Waals surface area contributed by atoms with Gasteiger partial charge in [-0.25, -0.2) is 0 Å². The number of anilines is 1. The molecule has 5 nitrogen and oxygen atoms in total. The largest absolute Gasteiger partial charge is 0.367 e. The summed E-state index contributed by atoms with van der Waals surface area (Å²) in [5.41, 5.74) is 0.767. The third-order valence-corrected chi connectivity index (χ3v) is 3.73. The molecule has 0 spiro atoms. The molecule has 1 aromatic heterocycles. The predicted molar refractivity (Wildman–Crippen MR) is 68.8 cm³/mol. The van der Waals surface area contributed by atoms with E-state index in [1.807, 2.05) is 6.07 Å².